The fourth-order valence-electron chi connectivity index (χ4n) is 1.83. The lowest BCUT2D eigenvalue weighted by Crippen LogP contribution is -1.96. The largest absolute Gasteiger partial charge is 0.382 e. The van der Waals surface area contributed by atoms with Crippen molar-refractivity contribution in [1.29, 1.82) is 0 Å². The maximum Gasteiger partial charge on any atom is 0.183 e. The average Bonchev–Trinajstić information content (AvgIpc) is 2.84. The van der Waals surface area contributed by atoms with E-state index in [2.05, 4.69) is 19.9 Å². The van der Waals surface area contributed by atoms with Crippen LogP contribution in [0.25, 0.3) is 22.6 Å². The summed E-state index contributed by atoms with van der Waals surface area (Å²) in [5.41, 5.74) is 14.6. The minimum atomic E-state index is 0. The van der Waals surface area contributed by atoms with E-state index in [1.807, 2.05) is 24.3 Å². The van der Waals surface area contributed by atoms with Crippen LogP contribution in [0.3, 0.4) is 0 Å². The lowest BCUT2D eigenvalue weighted by molar-refractivity contribution is 1.07. The number of nitrogens with zero attached hydrogens (tertiary/aromatic N) is 3. The summed E-state index contributed by atoms with van der Waals surface area (Å²) < 4.78 is 0. The zero-order valence-electron chi connectivity index (χ0n) is 10.00. The SMILES string of the molecule is Cl.NCc1cccc(-c2nc3ncnc(N)c3[nH]2)c1. The van der Waals surface area contributed by atoms with Crippen LogP contribution in [0.5, 0.6) is 0 Å². The van der Waals surface area contributed by atoms with Crippen LogP contribution in [-0.4, -0.2) is 19.9 Å². The summed E-state index contributed by atoms with van der Waals surface area (Å²) in [7, 11) is 0. The summed E-state index contributed by atoms with van der Waals surface area (Å²) in [6, 6.07) is 7.86. The van der Waals surface area contributed by atoms with Crippen LogP contribution in [0.4, 0.5) is 5.82 Å². The van der Waals surface area contributed by atoms with Crippen molar-refractivity contribution in [1.82, 2.24) is 19.9 Å². The van der Waals surface area contributed by atoms with Gasteiger partial charge in [-0.3, -0.25) is 0 Å². The number of aromatic amines is 1. The first-order chi connectivity index (χ1) is 8.78. The fourth-order valence-corrected chi connectivity index (χ4v) is 1.83. The number of nitrogens with one attached hydrogen (secondary N) is 1. The molecule has 7 heteroatoms. The highest BCUT2D eigenvalue weighted by Crippen LogP contribution is 2.22. The Balaban J connectivity index is 0.00000133. The second-order valence-corrected chi connectivity index (χ2v) is 3.95. The van der Waals surface area contributed by atoms with Crippen molar-refractivity contribution in [3.63, 3.8) is 0 Å². The number of halogens is 1. The molecule has 6 nitrogen and oxygen atoms in total. The number of aromatic nitrogens is 4. The first-order valence-electron chi connectivity index (χ1n) is 5.53. The number of rotatable bonds is 2. The van der Waals surface area contributed by atoms with Crippen LogP contribution < -0.4 is 11.5 Å². The van der Waals surface area contributed by atoms with Gasteiger partial charge in [-0.15, -0.1) is 12.4 Å². The van der Waals surface area contributed by atoms with Crippen LogP contribution in [-0.2, 0) is 6.54 Å². The number of nitrogen functional groups attached to an aromatic ring is 1. The Bertz CT molecular complexity index is 708. The zero-order chi connectivity index (χ0) is 12.5. The van der Waals surface area contributed by atoms with E-state index >= 15 is 0 Å². The highest BCUT2D eigenvalue weighted by molar-refractivity contribution is 5.85. The van der Waals surface area contributed by atoms with E-state index in [1.165, 1.54) is 6.33 Å². The van der Waals surface area contributed by atoms with Gasteiger partial charge in [-0.25, -0.2) is 15.0 Å². The summed E-state index contributed by atoms with van der Waals surface area (Å²) in [5.74, 6) is 1.11. The molecule has 0 amide bonds. The third kappa shape index (κ3) is 2.35. The van der Waals surface area contributed by atoms with Crippen molar-refractivity contribution >= 4 is 29.4 Å². The predicted molar refractivity (Wildman–Crippen MR) is 76.7 cm³/mol. The quantitative estimate of drug-likeness (QED) is 0.657. The number of anilines is 1. The molecule has 3 aromatic rings. The van der Waals surface area contributed by atoms with Gasteiger partial charge < -0.3 is 16.5 Å². The van der Waals surface area contributed by atoms with E-state index in [0.29, 0.717) is 29.4 Å². The number of nitrogens with two attached hydrogens (primary N) is 2. The third-order valence-electron chi connectivity index (χ3n) is 2.75. The van der Waals surface area contributed by atoms with Crippen molar-refractivity contribution in [2.24, 2.45) is 5.73 Å². The molecule has 1 aromatic carbocycles. The first-order valence-corrected chi connectivity index (χ1v) is 5.53. The molecule has 0 spiro atoms. The number of benzene rings is 1. The van der Waals surface area contributed by atoms with Gasteiger partial charge in [0.15, 0.2) is 11.5 Å². The smallest absolute Gasteiger partial charge is 0.183 e. The first kappa shape index (κ1) is 13.3. The predicted octanol–water partition coefficient (Wildman–Crippen LogP) is 1.48. The monoisotopic (exact) mass is 276 g/mol. The number of imidazole rings is 1. The summed E-state index contributed by atoms with van der Waals surface area (Å²) in [4.78, 5) is 15.5. The van der Waals surface area contributed by atoms with E-state index < -0.39 is 0 Å². The second kappa shape index (κ2) is 5.21. The van der Waals surface area contributed by atoms with Gasteiger partial charge >= 0.3 is 0 Å². The number of fused-ring (bicyclic) bond motifs is 1. The summed E-state index contributed by atoms with van der Waals surface area (Å²) in [5, 5.41) is 0. The highest BCUT2D eigenvalue weighted by atomic mass is 35.5. The van der Waals surface area contributed by atoms with E-state index in [9.17, 15) is 0 Å². The minimum absolute atomic E-state index is 0. The molecule has 0 unspecified atom stereocenters. The van der Waals surface area contributed by atoms with Gasteiger partial charge in [-0.2, -0.15) is 0 Å². The van der Waals surface area contributed by atoms with Gasteiger partial charge in [0.1, 0.15) is 17.7 Å². The van der Waals surface area contributed by atoms with Crippen molar-refractivity contribution in [2.45, 2.75) is 6.54 Å². The van der Waals surface area contributed by atoms with Crippen molar-refractivity contribution in [2.75, 3.05) is 5.73 Å². The molecule has 98 valence electrons. The Morgan fingerprint density at radius 3 is 2.79 bits per heavy atom. The topological polar surface area (TPSA) is 106 Å². The van der Waals surface area contributed by atoms with Gasteiger partial charge in [0, 0.05) is 12.1 Å². The molecule has 0 fully saturated rings. The van der Waals surface area contributed by atoms with Crippen molar-refractivity contribution < 1.29 is 0 Å². The molecule has 2 heterocycles. The molecular weight excluding hydrogens is 264 g/mol. The lowest BCUT2D eigenvalue weighted by Gasteiger charge is -1.99. The molecule has 0 saturated heterocycles. The number of hydrogen-bond donors (Lipinski definition) is 3. The van der Waals surface area contributed by atoms with Crippen LogP contribution in [0.2, 0.25) is 0 Å². The van der Waals surface area contributed by atoms with E-state index in [4.69, 9.17) is 11.5 Å². The van der Waals surface area contributed by atoms with Crippen molar-refractivity contribution in [3.8, 4) is 11.4 Å². The molecule has 0 aliphatic carbocycles. The molecule has 0 aliphatic rings. The second-order valence-electron chi connectivity index (χ2n) is 3.95. The van der Waals surface area contributed by atoms with Gasteiger partial charge in [-0.05, 0) is 11.6 Å². The summed E-state index contributed by atoms with van der Waals surface area (Å²) in [6.07, 6.45) is 1.40. The molecule has 0 aliphatic heterocycles. The maximum atomic E-state index is 5.76. The van der Waals surface area contributed by atoms with E-state index in [1.54, 1.807) is 0 Å². The van der Waals surface area contributed by atoms with Crippen molar-refractivity contribution in [3.05, 3.63) is 36.2 Å². The normalized spacial score (nSPS) is 10.4. The summed E-state index contributed by atoms with van der Waals surface area (Å²) >= 11 is 0. The lowest BCUT2D eigenvalue weighted by atomic mass is 10.1. The van der Waals surface area contributed by atoms with Crippen LogP contribution in [0.1, 0.15) is 5.56 Å². The zero-order valence-corrected chi connectivity index (χ0v) is 10.8. The fraction of sp³-hybridized carbons (Fsp3) is 0.0833. The maximum absolute atomic E-state index is 5.76. The number of H-pyrrole nitrogens is 1. The van der Waals surface area contributed by atoms with Crippen LogP contribution >= 0.6 is 12.4 Å². The molecule has 3 rings (SSSR count). The molecule has 0 atom stereocenters. The Morgan fingerprint density at radius 1 is 1.21 bits per heavy atom. The van der Waals surface area contributed by atoms with Crippen LogP contribution in [0.15, 0.2) is 30.6 Å². The standard InChI is InChI=1S/C12H12N6.ClH/c13-5-7-2-1-3-8(4-7)11-17-9-10(14)15-6-16-12(9)18-11;/h1-4,6H,5,13H2,(H3,14,15,16,17,18);1H. The Morgan fingerprint density at radius 2 is 2.05 bits per heavy atom. The van der Waals surface area contributed by atoms with Gasteiger partial charge in [-0.1, -0.05) is 18.2 Å². The molecule has 19 heavy (non-hydrogen) atoms. The summed E-state index contributed by atoms with van der Waals surface area (Å²) in [6.45, 7) is 0.496. The van der Waals surface area contributed by atoms with Gasteiger partial charge in [0.05, 0.1) is 0 Å². The van der Waals surface area contributed by atoms with Gasteiger partial charge in [0.25, 0.3) is 0 Å². The molecule has 0 saturated carbocycles. The third-order valence-corrected chi connectivity index (χ3v) is 2.75. The minimum Gasteiger partial charge on any atom is -0.382 e. The molecule has 2 aromatic heterocycles. The molecule has 5 N–H and O–H groups in total. The molecular formula is C12H13ClN6. The Kier molecular flexibility index (Phi) is 3.64. The Labute approximate surface area is 115 Å². The van der Waals surface area contributed by atoms with E-state index in [-0.39, 0.29) is 12.4 Å². The van der Waals surface area contributed by atoms with Crippen LogP contribution in [0, 0.1) is 0 Å². The Hall–Kier alpha value is -2.18. The van der Waals surface area contributed by atoms with Gasteiger partial charge in [0.2, 0.25) is 0 Å². The molecule has 0 bridgehead atoms. The molecule has 0 radical (unpaired) electrons. The van der Waals surface area contributed by atoms with E-state index in [0.717, 1.165) is 11.1 Å². The number of hydrogen-bond acceptors (Lipinski definition) is 5. The average molecular weight is 277 g/mol. The highest BCUT2D eigenvalue weighted by Gasteiger charge is 2.09.